The summed E-state index contributed by atoms with van der Waals surface area (Å²) in [5.41, 5.74) is -0.252. The second-order valence-electron chi connectivity index (χ2n) is 4.30. The highest BCUT2D eigenvalue weighted by atomic mass is 35.5. The first-order valence-corrected chi connectivity index (χ1v) is 6.37. The maximum Gasteiger partial charge on any atom is 0.335 e. The van der Waals surface area contributed by atoms with Gasteiger partial charge in [0, 0.05) is 23.3 Å². The Balaban J connectivity index is 2.52. The minimum Gasteiger partial charge on any atom is -0.271 e. The molecule has 6 nitrogen and oxygen atoms in total. The molecular weight excluding hydrogens is 294 g/mol. The van der Waals surface area contributed by atoms with Crippen LogP contribution >= 0.6 is 11.6 Å². The van der Waals surface area contributed by atoms with E-state index in [1.807, 2.05) is 0 Å². The Hall–Kier alpha value is -2.73. The normalized spacial score (nSPS) is 10.7. The highest BCUT2D eigenvalue weighted by Gasteiger charge is 2.20. The minimum atomic E-state index is -0.718. The number of hydrogen-bond acceptors (Lipinski definition) is 4. The molecule has 3 rings (SSSR count). The molecule has 0 spiro atoms. The lowest BCUT2D eigenvalue weighted by atomic mass is 10.2. The fourth-order valence-corrected chi connectivity index (χ4v) is 2.36. The zero-order chi connectivity index (χ0) is 15.0. The van der Waals surface area contributed by atoms with E-state index in [4.69, 9.17) is 11.6 Å². The van der Waals surface area contributed by atoms with E-state index in [0.29, 0.717) is 16.6 Å². The Morgan fingerprint density at radius 3 is 2.57 bits per heavy atom. The van der Waals surface area contributed by atoms with Gasteiger partial charge in [-0.1, -0.05) is 29.8 Å². The molecule has 7 heteroatoms. The maximum absolute atomic E-state index is 12.4. The highest BCUT2D eigenvalue weighted by molar-refractivity contribution is 6.34. The van der Waals surface area contributed by atoms with Crippen LogP contribution in [0.15, 0.2) is 53.5 Å². The van der Waals surface area contributed by atoms with Gasteiger partial charge in [-0.3, -0.25) is 19.5 Å². The third-order valence-corrected chi connectivity index (χ3v) is 3.37. The van der Waals surface area contributed by atoms with Gasteiger partial charge >= 0.3 is 11.2 Å². The largest absolute Gasteiger partial charge is 0.335 e. The molecule has 0 radical (unpaired) electrons. The number of benzene rings is 1. The van der Waals surface area contributed by atoms with E-state index in [2.05, 4.69) is 4.98 Å². The van der Waals surface area contributed by atoms with Gasteiger partial charge in [-0.15, -0.1) is 0 Å². The van der Waals surface area contributed by atoms with Crippen molar-refractivity contribution in [3.63, 3.8) is 0 Å². The van der Waals surface area contributed by atoms with Gasteiger partial charge in [-0.2, -0.15) is 0 Å². The third kappa shape index (κ3) is 2.15. The predicted molar refractivity (Wildman–Crippen MR) is 79.0 cm³/mol. The van der Waals surface area contributed by atoms with Gasteiger partial charge in [-0.05, 0) is 18.2 Å². The molecule has 0 saturated carbocycles. The van der Waals surface area contributed by atoms with Gasteiger partial charge in [0.25, 0.3) is 0 Å². The summed E-state index contributed by atoms with van der Waals surface area (Å²) < 4.78 is 1.26. The van der Waals surface area contributed by atoms with Gasteiger partial charge in [0.2, 0.25) is 0 Å². The smallest absolute Gasteiger partial charge is 0.271 e. The number of rotatable bonds is 2. The van der Waals surface area contributed by atoms with Crippen molar-refractivity contribution >= 4 is 28.2 Å². The topological polar surface area (TPSA) is 78.0 Å². The lowest BCUT2D eigenvalue weighted by Crippen LogP contribution is -2.21. The molecule has 2 heterocycles. The first kappa shape index (κ1) is 13.3. The molecule has 0 aliphatic carbocycles. The molecule has 3 aromatic rings. The summed E-state index contributed by atoms with van der Waals surface area (Å²) in [5.74, 6) is 0. The Bertz CT molecular complexity index is 906. The van der Waals surface area contributed by atoms with Crippen LogP contribution in [-0.2, 0) is 0 Å². The summed E-state index contributed by atoms with van der Waals surface area (Å²) in [6.45, 7) is 0. The van der Waals surface area contributed by atoms with E-state index in [1.54, 1.807) is 36.4 Å². The SMILES string of the molecule is O=c1c([N+](=O)[O-])cc2c(Cl)nccc2n1-c1ccccc1. The summed E-state index contributed by atoms with van der Waals surface area (Å²) in [7, 11) is 0. The van der Waals surface area contributed by atoms with Crippen molar-refractivity contribution in [1.29, 1.82) is 0 Å². The van der Waals surface area contributed by atoms with Crippen molar-refractivity contribution in [2.24, 2.45) is 0 Å². The van der Waals surface area contributed by atoms with Crippen LogP contribution in [0, 0.1) is 10.1 Å². The molecule has 1 aromatic carbocycles. The van der Waals surface area contributed by atoms with Crippen LogP contribution < -0.4 is 5.56 Å². The molecule has 104 valence electrons. The molecule has 0 bridgehead atoms. The maximum atomic E-state index is 12.4. The standard InChI is InChI=1S/C14H8ClN3O3/c15-13-10-8-12(18(20)21)14(19)17(11(10)6-7-16-13)9-4-2-1-3-5-9/h1-8H. The molecule has 0 aliphatic rings. The van der Waals surface area contributed by atoms with Crippen molar-refractivity contribution in [1.82, 2.24) is 9.55 Å². The van der Waals surface area contributed by atoms with Crippen LogP contribution in [0.5, 0.6) is 0 Å². The van der Waals surface area contributed by atoms with Crippen LogP contribution in [0.25, 0.3) is 16.6 Å². The van der Waals surface area contributed by atoms with E-state index in [0.717, 1.165) is 6.07 Å². The first-order valence-electron chi connectivity index (χ1n) is 5.99. The molecule has 0 amide bonds. The van der Waals surface area contributed by atoms with Crippen LogP contribution in [0.4, 0.5) is 5.69 Å². The van der Waals surface area contributed by atoms with Crippen molar-refractivity contribution in [3.05, 3.63) is 74.3 Å². The van der Waals surface area contributed by atoms with E-state index < -0.39 is 16.2 Å². The lowest BCUT2D eigenvalue weighted by Gasteiger charge is -2.10. The van der Waals surface area contributed by atoms with Gasteiger partial charge in [0.1, 0.15) is 5.15 Å². The van der Waals surface area contributed by atoms with Crippen LogP contribution in [0.1, 0.15) is 0 Å². The number of pyridine rings is 2. The second kappa shape index (κ2) is 4.99. The number of para-hydroxylation sites is 1. The molecule has 2 aromatic heterocycles. The summed E-state index contributed by atoms with van der Waals surface area (Å²) in [6, 6.07) is 11.4. The number of hydrogen-bond donors (Lipinski definition) is 0. The van der Waals surface area contributed by atoms with E-state index in [1.165, 1.54) is 10.8 Å². The number of aromatic nitrogens is 2. The molecule has 0 saturated heterocycles. The van der Waals surface area contributed by atoms with Gasteiger partial charge in [-0.25, -0.2) is 4.98 Å². The van der Waals surface area contributed by atoms with Crippen molar-refractivity contribution in [2.45, 2.75) is 0 Å². The van der Waals surface area contributed by atoms with Crippen molar-refractivity contribution in [3.8, 4) is 5.69 Å². The molecule has 0 atom stereocenters. The van der Waals surface area contributed by atoms with Gasteiger partial charge in [0.15, 0.2) is 0 Å². The third-order valence-electron chi connectivity index (χ3n) is 3.07. The van der Waals surface area contributed by atoms with E-state index in [9.17, 15) is 14.9 Å². The number of nitro groups is 1. The number of fused-ring (bicyclic) bond motifs is 1. The Morgan fingerprint density at radius 2 is 1.90 bits per heavy atom. The fraction of sp³-hybridized carbons (Fsp3) is 0. The molecule has 0 N–H and O–H groups in total. The number of nitrogens with zero attached hydrogens (tertiary/aromatic N) is 3. The average molecular weight is 302 g/mol. The summed E-state index contributed by atoms with van der Waals surface area (Å²) >= 11 is 6.00. The highest BCUT2D eigenvalue weighted by Crippen LogP contribution is 2.25. The van der Waals surface area contributed by atoms with Gasteiger partial charge < -0.3 is 0 Å². The Morgan fingerprint density at radius 1 is 1.19 bits per heavy atom. The first-order chi connectivity index (χ1) is 10.1. The monoisotopic (exact) mass is 301 g/mol. The lowest BCUT2D eigenvalue weighted by molar-refractivity contribution is -0.386. The van der Waals surface area contributed by atoms with E-state index in [-0.39, 0.29) is 5.15 Å². The Kier molecular flexibility index (Phi) is 3.15. The summed E-state index contributed by atoms with van der Waals surface area (Å²) in [5, 5.41) is 11.6. The van der Waals surface area contributed by atoms with Crippen molar-refractivity contribution in [2.75, 3.05) is 0 Å². The molecular formula is C14H8ClN3O3. The second-order valence-corrected chi connectivity index (χ2v) is 4.66. The number of halogens is 1. The van der Waals surface area contributed by atoms with Crippen LogP contribution in [0.2, 0.25) is 5.15 Å². The zero-order valence-corrected chi connectivity index (χ0v) is 11.3. The van der Waals surface area contributed by atoms with Crippen LogP contribution in [0.3, 0.4) is 0 Å². The van der Waals surface area contributed by atoms with Gasteiger partial charge in [0.05, 0.1) is 10.4 Å². The Labute approximate surface area is 123 Å². The molecule has 21 heavy (non-hydrogen) atoms. The van der Waals surface area contributed by atoms with Crippen LogP contribution in [-0.4, -0.2) is 14.5 Å². The molecule has 0 fully saturated rings. The summed E-state index contributed by atoms with van der Waals surface area (Å²) in [6.07, 6.45) is 1.45. The fourth-order valence-electron chi connectivity index (χ4n) is 2.15. The molecule has 0 aliphatic heterocycles. The minimum absolute atomic E-state index is 0.111. The zero-order valence-electron chi connectivity index (χ0n) is 10.6. The quantitative estimate of drug-likeness (QED) is 0.414. The van der Waals surface area contributed by atoms with Crippen molar-refractivity contribution < 1.29 is 4.92 Å². The van der Waals surface area contributed by atoms with E-state index >= 15 is 0 Å². The molecule has 0 unspecified atom stereocenters. The average Bonchev–Trinajstić information content (AvgIpc) is 2.47. The predicted octanol–water partition coefficient (Wildman–Crippen LogP) is 2.95. The summed E-state index contributed by atoms with van der Waals surface area (Å²) in [4.78, 5) is 26.7.